The lowest BCUT2D eigenvalue weighted by atomic mass is 10.0. The van der Waals surface area contributed by atoms with Crippen molar-refractivity contribution in [1.29, 1.82) is 0 Å². The molecule has 3 rings (SSSR count). The van der Waals surface area contributed by atoms with Crippen molar-refractivity contribution in [3.8, 4) is 0 Å². The van der Waals surface area contributed by atoms with Gasteiger partial charge in [-0.25, -0.2) is 4.98 Å². The minimum Gasteiger partial charge on any atom is -0.272 e. The van der Waals surface area contributed by atoms with Gasteiger partial charge in [-0.1, -0.05) is 24.3 Å². The number of para-hydroxylation sites is 1. The van der Waals surface area contributed by atoms with E-state index in [0.717, 1.165) is 17.1 Å². The van der Waals surface area contributed by atoms with E-state index in [1.165, 1.54) is 0 Å². The fourth-order valence-corrected chi connectivity index (χ4v) is 3.03. The molecule has 0 spiro atoms. The number of fused-ring (bicyclic) bond motifs is 1. The van der Waals surface area contributed by atoms with Gasteiger partial charge in [0.2, 0.25) is 0 Å². The summed E-state index contributed by atoms with van der Waals surface area (Å²) in [4.78, 5) is 18.9. The van der Waals surface area contributed by atoms with E-state index in [9.17, 15) is 4.79 Å². The Morgan fingerprint density at radius 3 is 2.58 bits per heavy atom. The zero-order valence-corrected chi connectivity index (χ0v) is 11.6. The molecule has 96 valence electrons. The van der Waals surface area contributed by atoms with Crippen LogP contribution in [0.25, 0.3) is 0 Å². The average Bonchev–Trinajstić information content (AvgIpc) is 2.70. The summed E-state index contributed by atoms with van der Waals surface area (Å²) >= 11 is 1.55. The van der Waals surface area contributed by atoms with Gasteiger partial charge in [0.15, 0.2) is 0 Å². The maximum absolute atomic E-state index is 12.8. The normalized spacial score (nSPS) is 21.6. The van der Waals surface area contributed by atoms with Crippen molar-refractivity contribution in [2.75, 3.05) is 11.2 Å². The Bertz CT molecular complexity index is 629. The highest BCUT2D eigenvalue weighted by Crippen LogP contribution is 2.49. The quantitative estimate of drug-likeness (QED) is 0.839. The number of nitrogens with zero attached hydrogens (tertiary/aromatic N) is 2. The molecule has 1 aliphatic rings. The first-order valence-corrected chi connectivity index (χ1v) is 7.31. The van der Waals surface area contributed by atoms with Crippen LogP contribution < -0.4 is 4.90 Å². The Morgan fingerprint density at radius 2 is 1.89 bits per heavy atom. The van der Waals surface area contributed by atoms with Gasteiger partial charge in [0.05, 0.1) is 5.69 Å². The van der Waals surface area contributed by atoms with Crippen LogP contribution in [-0.2, 0) is 9.54 Å². The van der Waals surface area contributed by atoms with E-state index in [2.05, 4.69) is 4.98 Å². The van der Waals surface area contributed by atoms with Gasteiger partial charge in [-0.15, -0.1) is 11.8 Å². The molecule has 0 fully saturated rings. The molecule has 1 aromatic carbocycles. The molecule has 2 aromatic rings. The summed E-state index contributed by atoms with van der Waals surface area (Å²) in [6.07, 6.45) is 3.69. The minimum atomic E-state index is -0.556. The van der Waals surface area contributed by atoms with Gasteiger partial charge in [-0.2, -0.15) is 0 Å². The number of hydrogen-bond acceptors (Lipinski definition) is 3. The van der Waals surface area contributed by atoms with Crippen molar-refractivity contribution in [2.24, 2.45) is 0 Å². The third-order valence-corrected chi connectivity index (χ3v) is 4.76. The van der Waals surface area contributed by atoms with Gasteiger partial charge in [0, 0.05) is 11.8 Å². The zero-order chi connectivity index (χ0) is 13.5. The number of benzene rings is 1. The molecular formula is C15H14N2OS. The second-order valence-electron chi connectivity index (χ2n) is 4.59. The molecule has 0 radical (unpaired) electrons. The molecule has 1 aromatic heterocycles. The third-order valence-electron chi connectivity index (χ3n) is 3.55. The highest BCUT2D eigenvalue weighted by molar-refractivity contribution is 8.00. The number of carbonyl (C=O) groups is 1. The highest BCUT2D eigenvalue weighted by atomic mass is 32.2. The SMILES string of the molecule is CS[C@]1(C)C(=O)N(c2ccccc2)c2ncccc21. The summed E-state index contributed by atoms with van der Waals surface area (Å²) in [5, 5.41) is 0. The summed E-state index contributed by atoms with van der Waals surface area (Å²) < 4.78 is -0.556. The highest BCUT2D eigenvalue weighted by Gasteiger charge is 2.48. The molecule has 0 saturated heterocycles. The summed E-state index contributed by atoms with van der Waals surface area (Å²) in [5.41, 5.74) is 1.85. The van der Waals surface area contributed by atoms with E-state index in [1.807, 2.05) is 55.6 Å². The van der Waals surface area contributed by atoms with Gasteiger partial charge >= 0.3 is 0 Å². The maximum atomic E-state index is 12.8. The lowest BCUT2D eigenvalue weighted by molar-refractivity contribution is -0.119. The summed E-state index contributed by atoms with van der Waals surface area (Å²) in [5.74, 6) is 0.815. The van der Waals surface area contributed by atoms with Gasteiger partial charge in [-0.3, -0.25) is 9.69 Å². The van der Waals surface area contributed by atoms with Crippen molar-refractivity contribution in [2.45, 2.75) is 11.7 Å². The molecule has 1 aliphatic heterocycles. The predicted octanol–water partition coefficient (Wildman–Crippen LogP) is 3.34. The van der Waals surface area contributed by atoms with Crippen LogP contribution in [0.5, 0.6) is 0 Å². The number of amides is 1. The van der Waals surface area contributed by atoms with Crippen LogP contribution in [0.15, 0.2) is 48.7 Å². The molecule has 0 N–H and O–H groups in total. The van der Waals surface area contributed by atoms with Gasteiger partial charge < -0.3 is 0 Å². The average molecular weight is 270 g/mol. The number of pyridine rings is 1. The van der Waals surface area contributed by atoms with Gasteiger partial charge in [0.25, 0.3) is 5.91 Å². The molecule has 0 bridgehead atoms. The van der Waals surface area contributed by atoms with Gasteiger partial charge in [-0.05, 0) is 31.4 Å². The summed E-state index contributed by atoms with van der Waals surface area (Å²) in [7, 11) is 0. The second kappa shape index (κ2) is 4.38. The van der Waals surface area contributed by atoms with Crippen LogP contribution in [0, 0.1) is 0 Å². The van der Waals surface area contributed by atoms with E-state index in [4.69, 9.17) is 0 Å². The fourth-order valence-electron chi connectivity index (χ4n) is 2.39. The van der Waals surface area contributed by atoms with Crippen LogP contribution in [0.1, 0.15) is 12.5 Å². The largest absolute Gasteiger partial charge is 0.272 e. The van der Waals surface area contributed by atoms with Crippen LogP contribution in [0.4, 0.5) is 11.5 Å². The number of anilines is 2. The molecule has 1 amide bonds. The lowest BCUT2D eigenvalue weighted by Crippen LogP contribution is -2.33. The Hall–Kier alpha value is -1.81. The van der Waals surface area contributed by atoms with Crippen molar-refractivity contribution in [1.82, 2.24) is 4.98 Å². The number of carbonyl (C=O) groups excluding carboxylic acids is 1. The molecule has 0 unspecified atom stereocenters. The lowest BCUT2D eigenvalue weighted by Gasteiger charge is -2.21. The molecule has 0 aliphatic carbocycles. The Morgan fingerprint density at radius 1 is 1.16 bits per heavy atom. The standard InChI is InChI=1S/C15H14N2OS/c1-15(19-2)12-9-6-10-16-13(12)17(14(15)18)11-7-4-3-5-8-11/h3-10H,1-2H3/t15-/m0/s1. The predicted molar refractivity (Wildman–Crippen MR) is 78.7 cm³/mol. The number of aromatic nitrogens is 1. The van der Waals surface area contributed by atoms with Crippen molar-refractivity contribution >= 4 is 29.2 Å². The first-order valence-electron chi connectivity index (χ1n) is 6.09. The topological polar surface area (TPSA) is 33.2 Å². The molecule has 4 heteroatoms. The Balaban J connectivity index is 2.21. The van der Waals surface area contributed by atoms with E-state index in [-0.39, 0.29) is 5.91 Å². The molecular weight excluding hydrogens is 256 g/mol. The second-order valence-corrected chi connectivity index (χ2v) is 5.81. The van der Waals surface area contributed by atoms with E-state index in [1.54, 1.807) is 22.9 Å². The summed E-state index contributed by atoms with van der Waals surface area (Å²) in [6, 6.07) is 13.5. The molecule has 2 heterocycles. The Labute approximate surface area is 116 Å². The van der Waals surface area contributed by atoms with Gasteiger partial charge in [0.1, 0.15) is 10.6 Å². The third kappa shape index (κ3) is 1.67. The van der Waals surface area contributed by atoms with Crippen molar-refractivity contribution < 1.29 is 4.79 Å². The fraction of sp³-hybridized carbons (Fsp3) is 0.200. The molecule has 19 heavy (non-hydrogen) atoms. The zero-order valence-electron chi connectivity index (χ0n) is 10.8. The minimum absolute atomic E-state index is 0.0694. The first kappa shape index (κ1) is 12.2. The van der Waals surface area contributed by atoms with Crippen molar-refractivity contribution in [3.05, 3.63) is 54.2 Å². The summed E-state index contributed by atoms with van der Waals surface area (Å²) in [6.45, 7) is 1.96. The maximum Gasteiger partial charge on any atom is 0.253 e. The number of thioether (sulfide) groups is 1. The van der Waals surface area contributed by atoms with E-state index < -0.39 is 4.75 Å². The molecule has 0 saturated carbocycles. The molecule has 1 atom stereocenters. The number of rotatable bonds is 2. The van der Waals surface area contributed by atoms with Crippen LogP contribution in [0.2, 0.25) is 0 Å². The molecule has 3 nitrogen and oxygen atoms in total. The van der Waals surface area contributed by atoms with Crippen LogP contribution in [0.3, 0.4) is 0 Å². The first-order chi connectivity index (χ1) is 9.18. The number of hydrogen-bond donors (Lipinski definition) is 0. The monoisotopic (exact) mass is 270 g/mol. The van der Waals surface area contributed by atoms with Crippen LogP contribution in [-0.4, -0.2) is 17.1 Å². The van der Waals surface area contributed by atoms with E-state index >= 15 is 0 Å². The van der Waals surface area contributed by atoms with Crippen molar-refractivity contribution in [3.63, 3.8) is 0 Å². The smallest absolute Gasteiger partial charge is 0.253 e. The van der Waals surface area contributed by atoms with E-state index in [0.29, 0.717) is 0 Å². The Kier molecular flexibility index (Phi) is 2.82. The van der Waals surface area contributed by atoms with Crippen LogP contribution >= 0.6 is 11.8 Å².